The number of amides is 1. The summed E-state index contributed by atoms with van der Waals surface area (Å²) in [6.45, 7) is 3.95. The number of benzene rings is 2. The third kappa shape index (κ3) is 6.53. The molecule has 2 heterocycles. The maximum Gasteiger partial charge on any atom is 0.275 e. The van der Waals surface area contributed by atoms with Gasteiger partial charge in [-0.2, -0.15) is 0 Å². The van der Waals surface area contributed by atoms with E-state index in [1.54, 1.807) is 12.1 Å². The number of rotatable bonds is 8. The van der Waals surface area contributed by atoms with Gasteiger partial charge in [0.05, 0.1) is 11.1 Å². The molecule has 208 valence electrons. The van der Waals surface area contributed by atoms with Crippen LogP contribution in [0, 0.1) is 11.8 Å². The van der Waals surface area contributed by atoms with Gasteiger partial charge in [0.1, 0.15) is 0 Å². The van der Waals surface area contributed by atoms with E-state index in [1.165, 1.54) is 0 Å². The topological polar surface area (TPSA) is 105 Å². The summed E-state index contributed by atoms with van der Waals surface area (Å²) in [6, 6.07) is 11.3. The Bertz CT molecular complexity index is 1310. The van der Waals surface area contributed by atoms with Crippen LogP contribution in [0.4, 0.5) is 0 Å². The van der Waals surface area contributed by atoms with E-state index in [-0.39, 0.29) is 23.9 Å². The van der Waals surface area contributed by atoms with E-state index >= 15 is 0 Å². The van der Waals surface area contributed by atoms with Crippen LogP contribution < -0.4 is 5.32 Å². The maximum atomic E-state index is 13.0. The van der Waals surface area contributed by atoms with Crippen LogP contribution in [0.25, 0.3) is 10.9 Å². The van der Waals surface area contributed by atoms with Crippen LogP contribution in [0.3, 0.4) is 0 Å². The minimum Gasteiger partial charge on any atom is -0.505 e. The smallest absolute Gasteiger partial charge is 0.275 e. The van der Waals surface area contributed by atoms with Crippen LogP contribution in [0.15, 0.2) is 36.4 Å². The fourth-order valence-electron chi connectivity index (χ4n) is 6.07. The van der Waals surface area contributed by atoms with E-state index in [1.807, 2.05) is 18.2 Å². The maximum absolute atomic E-state index is 13.0. The molecule has 0 radical (unpaired) electrons. The number of nitrogens with zero attached hydrogens (tertiary/aromatic N) is 2. The fourth-order valence-corrected chi connectivity index (χ4v) is 6.19. The van der Waals surface area contributed by atoms with E-state index in [0.29, 0.717) is 34.7 Å². The molecule has 2 atom stereocenters. The largest absolute Gasteiger partial charge is 0.505 e. The quantitative estimate of drug-likeness (QED) is 0.329. The van der Waals surface area contributed by atoms with Crippen LogP contribution in [0.1, 0.15) is 79.0 Å². The summed E-state index contributed by atoms with van der Waals surface area (Å²) in [5.41, 5.74) is 2.74. The van der Waals surface area contributed by atoms with Crippen molar-refractivity contribution in [1.82, 2.24) is 15.5 Å². The Morgan fingerprint density at radius 2 is 1.87 bits per heavy atom. The van der Waals surface area contributed by atoms with Crippen molar-refractivity contribution < 1.29 is 19.7 Å². The highest BCUT2D eigenvalue weighted by molar-refractivity contribution is 6.30. The number of aromatic nitrogens is 2. The molecule has 3 N–H and O–H groups in total. The van der Waals surface area contributed by atoms with Crippen molar-refractivity contribution in [2.45, 2.75) is 76.9 Å². The molecule has 3 aromatic rings. The zero-order valence-corrected chi connectivity index (χ0v) is 23.3. The molecule has 1 aromatic heterocycles. The molecule has 5 rings (SSSR count). The monoisotopic (exact) mass is 551 g/mol. The van der Waals surface area contributed by atoms with Gasteiger partial charge >= 0.3 is 0 Å². The average molecular weight is 552 g/mol. The van der Waals surface area contributed by atoms with Crippen LogP contribution in [0.5, 0.6) is 5.75 Å². The van der Waals surface area contributed by atoms with Crippen molar-refractivity contribution in [3.8, 4) is 5.75 Å². The molecule has 8 heteroatoms. The fraction of sp³-hybridized carbons (Fsp3) is 0.516. The lowest BCUT2D eigenvalue weighted by molar-refractivity contribution is -0.0475. The van der Waals surface area contributed by atoms with Crippen molar-refractivity contribution in [2.24, 2.45) is 11.8 Å². The number of fused-ring (bicyclic) bond motifs is 1. The lowest BCUT2D eigenvalue weighted by Crippen LogP contribution is -2.39. The van der Waals surface area contributed by atoms with E-state index in [9.17, 15) is 15.0 Å². The number of carbonyl (C=O) groups excluding carboxylic acids is 1. The molecule has 2 fully saturated rings. The Balaban J connectivity index is 1.43. The van der Waals surface area contributed by atoms with E-state index in [4.69, 9.17) is 16.3 Å². The number of hydrogen-bond acceptors (Lipinski definition) is 6. The molecule has 2 aromatic carbocycles. The lowest BCUT2D eigenvalue weighted by Gasteiger charge is -2.38. The number of ether oxygens (including phenoxy) is 1. The predicted octanol–water partition coefficient (Wildman–Crippen LogP) is 5.76. The van der Waals surface area contributed by atoms with Gasteiger partial charge < -0.3 is 20.3 Å². The lowest BCUT2D eigenvalue weighted by atomic mass is 9.73. The van der Waals surface area contributed by atoms with Gasteiger partial charge in [0, 0.05) is 30.2 Å². The van der Waals surface area contributed by atoms with Gasteiger partial charge in [-0.25, -0.2) is 0 Å². The number of aliphatic hydroxyl groups is 1. The number of hydrogen-bond donors (Lipinski definition) is 3. The van der Waals surface area contributed by atoms with Crippen LogP contribution in [-0.4, -0.2) is 45.1 Å². The first-order valence-electron chi connectivity index (χ1n) is 14.2. The van der Waals surface area contributed by atoms with Gasteiger partial charge in [-0.3, -0.25) is 4.79 Å². The SMILES string of the molecule is CC1CCCCC1(O)CCc1cc(CC2CCOCC2)cc2c(O)c(C(=O)NCc3ccc(Cl)cc3)nnc12. The number of aryl methyl sites for hydroxylation is 1. The zero-order valence-electron chi connectivity index (χ0n) is 22.6. The van der Waals surface area contributed by atoms with E-state index in [0.717, 1.165) is 74.8 Å². The summed E-state index contributed by atoms with van der Waals surface area (Å²) in [7, 11) is 0. The van der Waals surface area contributed by atoms with Crippen molar-refractivity contribution in [2.75, 3.05) is 13.2 Å². The standard InChI is InChI=1S/C31H38ClN3O4/c1-20-4-2-3-12-31(20,38)13-9-24-17-23(16-21-10-14-39-15-11-21)18-26-27(24)34-35-28(29(26)36)30(37)33-19-22-5-7-25(32)8-6-22/h5-8,17-18,20-21,38H,2-4,9-16,19H2,1H3,(H,33,37)(H,34,36). The second-order valence-corrected chi connectivity index (χ2v) is 11.8. The van der Waals surface area contributed by atoms with Crippen LogP contribution in [-0.2, 0) is 24.1 Å². The van der Waals surface area contributed by atoms with Crippen LogP contribution >= 0.6 is 11.6 Å². The summed E-state index contributed by atoms with van der Waals surface area (Å²) in [4.78, 5) is 13.0. The van der Waals surface area contributed by atoms with E-state index in [2.05, 4.69) is 28.5 Å². The summed E-state index contributed by atoms with van der Waals surface area (Å²) < 4.78 is 5.54. The number of halogens is 1. The molecular formula is C31H38ClN3O4. The Morgan fingerprint density at radius 1 is 1.10 bits per heavy atom. The normalized spacial score (nSPS) is 22.2. The van der Waals surface area contributed by atoms with E-state index < -0.39 is 11.5 Å². The summed E-state index contributed by atoms with van der Waals surface area (Å²) in [5, 5.41) is 35.2. The Morgan fingerprint density at radius 3 is 2.62 bits per heavy atom. The second-order valence-electron chi connectivity index (χ2n) is 11.4. The van der Waals surface area contributed by atoms with Gasteiger partial charge in [0.15, 0.2) is 11.4 Å². The molecule has 0 spiro atoms. The molecule has 7 nitrogen and oxygen atoms in total. The molecule has 1 saturated heterocycles. The number of nitrogens with one attached hydrogen (secondary N) is 1. The zero-order chi connectivity index (χ0) is 27.4. The first-order valence-corrected chi connectivity index (χ1v) is 14.5. The van der Waals surface area contributed by atoms with Gasteiger partial charge in [0.2, 0.25) is 0 Å². The number of carbonyl (C=O) groups is 1. The summed E-state index contributed by atoms with van der Waals surface area (Å²) >= 11 is 5.96. The first-order chi connectivity index (χ1) is 18.8. The Labute approximate surface area is 234 Å². The third-order valence-corrected chi connectivity index (χ3v) is 8.92. The highest BCUT2D eigenvalue weighted by Gasteiger charge is 2.35. The molecule has 1 aliphatic heterocycles. The molecular weight excluding hydrogens is 514 g/mol. The summed E-state index contributed by atoms with van der Waals surface area (Å²) in [5.74, 6) is 0.107. The molecule has 2 unspecified atom stereocenters. The minimum atomic E-state index is -0.696. The number of aromatic hydroxyl groups is 1. The minimum absolute atomic E-state index is 0.0924. The molecule has 1 amide bonds. The molecule has 1 aliphatic carbocycles. The third-order valence-electron chi connectivity index (χ3n) is 8.67. The second kappa shape index (κ2) is 12.2. The van der Waals surface area contributed by atoms with Crippen molar-refractivity contribution in [3.63, 3.8) is 0 Å². The highest BCUT2D eigenvalue weighted by Crippen LogP contribution is 2.38. The van der Waals surface area contributed by atoms with Crippen LogP contribution in [0.2, 0.25) is 5.02 Å². The van der Waals surface area contributed by atoms with Gasteiger partial charge in [-0.05, 0) is 91.7 Å². The van der Waals surface area contributed by atoms with Gasteiger partial charge in [0.25, 0.3) is 5.91 Å². The van der Waals surface area contributed by atoms with Crippen molar-refractivity contribution in [1.29, 1.82) is 0 Å². The first kappa shape index (κ1) is 27.8. The average Bonchev–Trinajstić information content (AvgIpc) is 2.94. The molecule has 0 bridgehead atoms. The summed E-state index contributed by atoms with van der Waals surface area (Å²) in [6.07, 6.45) is 8.19. The molecule has 1 saturated carbocycles. The van der Waals surface area contributed by atoms with Gasteiger partial charge in [-0.1, -0.05) is 49.6 Å². The molecule has 2 aliphatic rings. The highest BCUT2D eigenvalue weighted by atomic mass is 35.5. The van der Waals surface area contributed by atoms with Crippen molar-refractivity contribution >= 4 is 28.4 Å². The van der Waals surface area contributed by atoms with Gasteiger partial charge in [-0.15, -0.1) is 10.2 Å². The molecule has 39 heavy (non-hydrogen) atoms. The van der Waals surface area contributed by atoms with Crippen molar-refractivity contribution in [3.05, 3.63) is 63.8 Å². The Kier molecular flexibility index (Phi) is 8.70. The predicted molar refractivity (Wildman–Crippen MR) is 152 cm³/mol. The Hall–Kier alpha value is -2.74.